The minimum atomic E-state index is -0.913. The van der Waals surface area contributed by atoms with Gasteiger partial charge in [-0.05, 0) is 55.5 Å². The van der Waals surface area contributed by atoms with E-state index < -0.39 is 11.9 Å². The van der Waals surface area contributed by atoms with Crippen LogP contribution in [0.5, 0.6) is 0 Å². The predicted octanol–water partition coefficient (Wildman–Crippen LogP) is 5.74. The zero-order chi connectivity index (χ0) is 27.0. The summed E-state index contributed by atoms with van der Waals surface area (Å²) in [7, 11) is 0. The second-order valence-corrected chi connectivity index (χ2v) is 10.5. The molecule has 1 saturated heterocycles. The summed E-state index contributed by atoms with van der Waals surface area (Å²) in [6.45, 7) is 14.5. The molecule has 1 fully saturated rings. The van der Waals surface area contributed by atoms with E-state index in [1.165, 1.54) is 5.69 Å². The maximum atomic E-state index is 11.7. The lowest BCUT2D eigenvalue weighted by Gasteiger charge is -2.19. The second-order valence-electron chi connectivity index (χ2n) is 10.5. The van der Waals surface area contributed by atoms with E-state index in [4.69, 9.17) is 4.52 Å². The number of aromatic nitrogens is 5. The quantitative estimate of drug-likeness (QED) is 0.301. The molecule has 0 aliphatic carbocycles. The van der Waals surface area contributed by atoms with Gasteiger partial charge in [0.05, 0.1) is 11.2 Å². The Morgan fingerprint density at radius 2 is 2.05 bits per heavy atom. The van der Waals surface area contributed by atoms with Gasteiger partial charge in [-0.15, -0.1) is 5.10 Å². The van der Waals surface area contributed by atoms with Gasteiger partial charge in [0.25, 0.3) is 0 Å². The Bertz CT molecular complexity index is 1490. The van der Waals surface area contributed by atoms with Gasteiger partial charge in [0, 0.05) is 49.1 Å². The van der Waals surface area contributed by atoms with Crippen molar-refractivity contribution in [2.24, 2.45) is 5.92 Å². The fourth-order valence-corrected chi connectivity index (χ4v) is 5.36. The minimum absolute atomic E-state index is 0.107. The monoisotopic (exact) mass is 514 g/mol. The Labute approximate surface area is 222 Å². The molecule has 5 rings (SSSR count). The van der Waals surface area contributed by atoms with Gasteiger partial charge in [0.2, 0.25) is 0 Å². The summed E-state index contributed by atoms with van der Waals surface area (Å²) >= 11 is 0. The van der Waals surface area contributed by atoms with Crippen molar-refractivity contribution in [1.29, 1.82) is 0 Å². The lowest BCUT2D eigenvalue weighted by Crippen LogP contribution is -2.21. The number of nitrogens with zero attached hydrogens (tertiary/aromatic N) is 6. The van der Waals surface area contributed by atoms with Crippen molar-refractivity contribution >= 4 is 28.4 Å². The largest absolute Gasteiger partial charge is 0.481 e. The highest BCUT2D eigenvalue weighted by Gasteiger charge is 2.30. The average Bonchev–Trinajstić information content (AvgIpc) is 3.63. The van der Waals surface area contributed by atoms with E-state index in [-0.39, 0.29) is 5.92 Å². The molecule has 0 aromatic carbocycles. The number of carbonyl (C=O) groups is 1. The summed E-state index contributed by atoms with van der Waals surface area (Å²) in [6.07, 6.45) is 3.81. The molecule has 9 nitrogen and oxygen atoms in total. The Kier molecular flexibility index (Phi) is 7.01. The zero-order valence-corrected chi connectivity index (χ0v) is 22.4. The van der Waals surface area contributed by atoms with Crippen molar-refractivity contribution in [3.8, 4) is 11.3 Å². The summed E-state index contributed by atoms with van der Waals surface area (Å²) in [5.41, 5.74) is 6.50. The smallest absolute Gasteiger partial charge is 0.314 e. The average molecular weight is 515 g/mol. The Hall–Kier alpha value is -4.01. The van der Waals surface area contributed by atoms with Crippen molar-refractivity contribution in [2.75, 3.05) is 18.0 Å². The molecule has 38 heavy (non-hydrogen) atoms. The molecule has 1 N–H and O–H groups in total. The summed E-state index contributed by atoms with van der Waals surface area (Å²) in [5.74, 6) is -0.175. The first-order valence-corrected chi connectivity index (χ1v) is 13.2. The summed E-state index contributed by atoms with van der Waals surface area (Å²) in [4.78, 5) is 18.6. The number of hydrogen-bond acceptors (Lipinski definition) is 7. The summed E-state index contributed by atoms with van der Waals surface area (Å²) in [5, 5.41) is 22.6. The Balaban J connectivity index is 1.39. The second kappa shape index (κ2) is 10.4. The predicted molar refractivity (Wildman–Crippen MR) is 147 cm³/mol. The van der Waals surface area contributed by atoms with Crippen LogP contribution in [0.25, 0.3) is 27.9 Å². The lowest BCUT2D eigenvalue weighted by molar-refractivity contribution is -0.140. The summed E-state index contributed by atoms with van der Waals surface area (Å²) < 4.78 is 7.84. The van der Waals surface area contributed by atoms with E-state index >= 15 is 0 Å². The normalized spacial score (nSPS) is 16.4. The molecule has 1 aliphatic heterocycles. The number of pyridine rings is 1. The third kappa shape index (κ3) is 4.80. The van der Waals surface area contributed by atoms with Crippen LogP contribution in [-0.4, -0.2) is 49.1 Å². The fraction of sp³-hybridized carbons (Fsp3) is 0.414. The molecular weight excluding hydrogens is 480 g/mol. The van der Waals surface area contributed by atoms with Gasteiger partial charge < -0.3 is 19.1 Å². The van der Waals surface area contributed by atoms with Gasteiger partial charge in [-0.25, -0.2) is 4.98 Å². The standard InChI is InChI=1S/C29H34N6O3/c1-6-10-35-24(14-23-25(35)13-21(17(2)3)31-32-23)20-8-11-34(16-20)27-12-19(7-9-30-27)22-15-26(38-33-22)28(18(4)5)29(36)37/h7,9,12-15,18,20,28H,2,6,8,10-11,16H2,1,3-5H3,(H,36,37). The van der Waals surface area contributed by atoms with E-state index in [2.05, 4.69) is 55.4 Å². The number of anilines is 1. The topological polar surface area (TPSA) is 110 Å². The molecule has 0 spiro atoms. The van der Waals surface area contributed by atoms with Gasteiger partial charge in [0.15, 0.2) is 5.76 Å². The molecule has 2 unspecified atom stereocenters. The van der Waals surface area contributed by atoms with Gasteiger partial charge in [0.1, 0.15) is 22.9 Å². The highest BCUT2D eigenvalue weighted by molar-refractivity contribution is 5.80. The van der Waals surface area contributed by atoms with E-state index in [0.29, 0.717) is 17.4 Å². The highest BCUT2D eigenvalue weighted by atomic mass is 16.5. The van der Waals surface area contributed by atoms with Crippen LogP contribution < -0.4 is 4.90 Å². The van der Waals surface area contributed by atoms with Crippen LogP contribution in [0.3, 0.4) is 0 Å². The van der Waals surface area contributed by atoms with E-state index in [1.54, 1.807) is 12.3 Å². The molecular formula is C29H34N6O3. The molecule has 9 heteroatoms. The number of aryl methyl sites for hydroxylation is 1. The summed E-state index contributed by atoms with van der Waals surface area (Å²) in [6, 6.07) is 9.89. The number of carboxylic acid groups (broad SMARTS) is 1. The van der Waals surface area contributed by atoms with Crippen molar-refractivity contribution < 1.29 is 14.4 Å². The lowest BCUT2D eigenvalue weighted by atomic mass is 9.93. The molecule has 0 saturated carbocycles. The van der Waals surface area contributed by atoms with Crippen molar-refractivity contribution in [3.63, 3.8) is 0 Å². The fourth-order valence-electron chi connectivity index (χ4n) is 5.36. The minimum Gasteiger partial charge on any atom is -0.481 e. The zero-order valence-electron chi connectivity index (χ0n) is 22.4. The molecule has 0 radical (unpaired) electrons. The van der Waals surface area contributed by atoms with Gasteiger partial charge in [-0.1, -0.05) is 32.5 Å². The Morgan fingerprint density at radius 3 is 2.76 bits per heavy atom. The SMILES string of the molecule is C=C(C)c1cc2c(cc(C3CCN(c4cc(-c5cc(C(C(=O)O)C(C)C)on5)ccn4)C3)n2CCC)nn1. The first kappa shape index (κ1) is 25.6. The van der Waals surface area contributed by atoms with Crippen LogP contribution in [0, 0.1) is 5.92 Å². The third-order valence-corrected chi connectivity index (χ3v) is 7.31. The van der Waals surface area contributed by atoms with Crippen LogP contribution in [0.15, 0.2) is 47.6 Å². The molecule has 2 atom stereocenters. The van der Waals surface area contributed by atoms with Crippen LogP contribution >= 0.6 is 0 Å². The van der Waals surface area contributed by atoms with E-state index in [9.17, 15) is 9.90 Å². The van der Waals surface area contributed by atoms with Crippen molar-refractivity contribution in [2.45, 2.75) is 58.9 Å². The number of carboxylic acids is 1. The number of aliphatic carboxylic acids is 1. The molecule has 198 valence electrons. The maximum Gasteiger partial charge on any atom is 0.314 e. The third-order valence-electron chi connectivity index (χ3n) is 7.31. The van der Waals surface area contributed by atoms with Gasteiger partial charge in [-0.2, -0.15) is 5.10 Å². The number of rotatable bonds is 9. The van der Waals surface area contributed by atoms with Gasteiger partial charge in [-0.3, -0.25) is 4.79 Å². The molecule has 0 bridgehead atoms. The molecule has 4 aromatic rings. The number of fused-ring (bicyclic) bond motifs is 1. The van der Waals surface area contributed by atoms with Crippen molar-refractivity contribution in [3.05, 3.63) is 60.3 Å². The van der Waals surface area contributed by atoms with E-state index in [0.717, 1.165) is 66.2 Å². The molecule has 0 amide bonds. The van der Waals surface area contributed by atoms with Crippen LogP contribution in [0.2, 0.25) is 0 Å². The molecule has 1 aliphatic rings. The van der Waals surface area contributed by atoms with Crippen molar-refractivity contribution in [1.82, 2.24) is 24.9 Å². The Morgan fingerprint density at radius 1 is 1.24 bits per heavy atom. The first-order valence-electron chi connectivity index (χ1n) is 13.2. The number of hydrogen-bond donors (Lipinski definition) is 1. The first-order chi connectivity index (χ1) is 18.3. The highest BCUT2D eigenvalue weighted by Crippen LogP contribution is 2.35. The molecule has 5 heterocycles. The number of allylic oxidation sites excluding steroid dienone is 1. The van der Waals surface area contributed by atoms with E-state index in [1.807, 2.05) is 32.9 Å². The van der Waals surface area contributed by atoms with Crippen LogP contribution in [0.4, 0.5) is 5.82 Å². The van der Waals surface area contributed by atoms with Gasteiger partial charge >= 0.3 is 5.97 Å². The van der Waals surface area contributed by atoms with Crippen LogP contribution in [-0.2, 0) is 11.3 Å². The maximum absolute atomic E-state index is 11.7. The van der Waals surface area contributed by atoms with Crippen LogP contribution in [0.1, 0.15) is 69.5 Å². The molecule has 4 aromatic heterocycles.